The van der Waals surface area contributed by atoms with Gasteiger partial charge >= 0.3 is 0 Å². The summed E-state index contributed by atoms with van der Waals surface area (Å²) < 4.78 is 13.5. The van der Waals surface area contributed by atoms with Crippen LogP contribution in [0.4, 0.5) is 4.39 Å². The van der Waals surface area contributed by atoms with Gasteiger partial charge in [-0.05, 0) is 42.0 Å². The molecule has 0 aliphatic rings. The molecular formula is C20H17FN6O. The lowest BCUT2D eigenvalue weighted by Gasteiger charge is -2.19. The second-order valence-corrected chi connectivity index (χ2v) is 6.57. The third-order valence-corrected chi connectivity index (χ3v) is 4.43. The highest BCUT2D eigenvalue weighted by atomic mass is 19.1. The number of pyridine rings is 1. The first kappa shape index (κ1) is 17.7. The van der Waals surface area contributed by atoms with Crippen LogP contribution >= 0.6 is 0 Å². The average molecular weight is 376 g/mol. The smallest absolute Gasteiger partial charge is 0.254 e. The van der Waals surface area contributed by atoms with E-state index in [-0.39, 0.29) is 11.7 Å². The molecule has 2 aromatic heterocycles. The molecule has 0 aliphatic heterocycles. The van der Waals surface area contributed by atoms with Gasteiger partial charge in [0.25, 0.3) is 5.91 Å². The van der Waals surface area contributed by atoms with Crippen molar-refractivity contribution in [1.29, 1.82) is 0 Å². The lowest BCUT2D eigenvalue weighted by Crippen LogP contribution is -2.26. The van der Waals surface area contributed by atoms with Gasteiger partial charge in [-0.25, -0.2) is 4.39 Å². The number of halogens is 1. The van der Waals surface area contributed by atoms with Gasteiger partial charge in [0.1, 0.15) is 5.82 Å². The Morgan fingerprint density at radius 3 is 2.82 bits per heavy atom. The van der Waals surface area contributed by atoms with Crippen LogP contribution in [-0.4, -0.2) is 43.5 Å². The molecule has 0 saturated heterocycles. The van der Waals surface area contributed by atoms with Gasteiger partial charge < -0.3 is 4.90 Å². The summed E-state index contributed by atoms with van der Waals surface area (Å²) in [6.45, 7) is 2.18. The minimum absolute atomic E-state index is 0.160. The van der Waals surface area contributed by atoms with Crippen LogP contribution in [0.3, 0.4) is 0 Å². The maximum absolute atomic E-state index is 13.5. The fraction of sp³-hybridized carbons (Fsp3) is 0.150. The van der Waals surface area contributed by atoms with Crippen LogP contribution in [-0.2, 0) is 6.54 Å². The normalized spacial score (nSPS) is 11.0. The van der Waals surface area contributed by atoms with E-state index in [0.717, 1.165) is 11.1 Å². The van der Waals surface area contributed by atoms with E-state index in [1.54, 1.807) is 31.0 Å². The van der Waals surface area contributed by atoms with Crippen molar-refractivity contribution < 1.29 is 9.18 Å². The second-order valence-electron chi connectivity index (χ2n) is 6.57. The Balaban J connectivity index is 1.63. The predicted octanol–water partition coefficient (Wildman–Crippen LogP) is 3.13. The lowest BCUT2D eigenvalue weighted by molar-refractivity contribution is 0.0787. The van der Waals surface area contributed by atoms with Crippen molar-refractivity contribution in [3.63, 3.8) is 0 Å². The van der Waals surface area contributed by atoms with E-state index in [9.17, 15) is 9.18 Å². The molecule has 2 heterocycles. The summed E-state index contributed by atoms with van der Waals surface area (Å²) in [5.74, 6) is -0.0451. The number of hydrogen-bond acceptors (Lipinski definition) is 5. The zero-order valence-corrected chi connectivity index (χ0v) is 15.3. The molecule has 2 aromatic carbocycles. The van der Waals surface area contributed by atoms with Crippen LogP contribution in [0.5, 0.6) is 0 Å². The van der Waals surface area contributed by atoms with Gasteiger partial charge in [-0.3, -0.25) is 9.78 Å². The maximum Gasteiger partial charge on any atom is 0.254 e. The number of nitrogens with zero attached hydrogens (tertiary/aromatic N) is 5. The summed E-state index contributed by atoms with van der Waals surface area (Å²) in [5.41, 5.74) is 3.37. The van der Waals surface area contributed by atoms with Gasteiger partial charge in [-0.1, -0.05) is 18.2 Å². The standard InChI is InChI=1S/C20H17FN6O/c1-12-8-17(16-7-6-15(21)10-18(16)22-12)20(28)27(2)11-13-4-3-5-14(9-13)19-23-25-26-24-19/h3-10H,11H2,1-2H3,(H,23,24,25,26). The first-order valence-corrected chi connectivity index (χ1v) is 8.66. The van der Waals surface area contributed by atoms with Gasteiger partial charge in [-0.15, -0.1) is 10.2 Å². The lowest BCUT2D eigenvalue weighted by atomic mass is 10.1. The molecule has 0 aliphatic carbocycles. The Hall–Kier alpha value is -3.68. The maximum atomic E-state index is 13.5. The van der Waals surface area contributed by atoms with Crippen LogP contribution < -0.4 is 0 Å². The van der Waals surface area contributed by atoms with Crippen LogP contribution in [0.2, 0.25) is 0 Å². The molecule has 0 bridgehead atoms. The number of aromatic amines is 1. The molecule has 4 rings (SSSR count). The van der Waals surface area contributed by atoms with Crippen molar-refractivity contribution in [2.45, 2.75) is 13.5 Å². The Kier molecular flexibility index (Phi) is 4.52. The third kappa shape index (κ3) is 3.44. The quantitative estimate of drug-likeness (QED) is 0.591. The molecule has 0 fully saturated rings. The van der Waals surface area contributed by atoms with Crippen molar-refractivity contribution in [3.8, 4) is 11.4 Å². The zero-order chi connectivity index (χ0) is 19.7. The number of aromatic nitrogens is 5. The Bertz CT molecular complexity index is 1150. The number of H-pyrrole nitrogens is 1. The molecular weight excluding hydrogens is 359 g/mol. The number of amides is 1. The number of rotatable bonds is 4. The Morgan fingerprint density at radius 2 is 2.04 bits per heavy atom. The van der Waals surface area contributed by atoms with E-state index in [1.807, 2.05) is 24.3 Å². The number of aryl methyl sites for hydroxylation is 1. The summed E-state index contributed by atoms with van der Waals surface area (Å²) in [7, 11) is 1.73. The SMILES string of the molecule is Cc1cc(C(=O)N(C)Cc2cccc(-c3nn[nH]n3)c2)c2ccc(F)cc2n1. The number of carbonyl (C=O) groups is 1. The molecule has 0 spiro atoms. The molecule has 8 heteroatoms. The summed E-state index contributed by atoms with van der Waals surface area (Å²) in [4.78, 5) is 19.0. The van der Waals surface area contributed by atoms with Gasteiger partial charge in [0.2, 0.25) is 5.82 Å². The summed E-state index contributed by atoms with van der Waals surface area (Å²) in [6, 6.07) is 13.6. The van der Waals surface area contributed by atoms with E-state index in [1.165, 1.54) is 12.1 Å². The van der Waals surface area contributed by atoms with Crippen molar-refractivity contribution >= 4 is 16.8 Å². The van der Waals surface area contributed by atoms with Crippen LogP contribution in [0, 0.1) is 12.7 Å². The number of tetrazole rings is 1. The highest BCUT2D eigenvalue weighted by Crippen LogP contribution is 2.22. The Labute approximate surface area is 160 Å². The number of nitrogens with one attached hydrogen (secondary N) is 1. The first-order chi connectivity index (χ1) is 13.5. The van der Waals surface area contributed by atoms with Gasteiger partial charge in [0.05, 0.1) is 11.1 Å². The number of fused-ring (bicyclic) bond motifs is 1. The van der Waals surface area contributed by atoms with E-state index >= 15 is 0 Å². The molecule has 4 aromatic rings. The summed E-state index contributed by atoms with van der Waals surface area (Å²) >= 11 is 0. The van der Waals surface area contributed by atoms with E-state index in [0.29, 0.717) is 34.5 Å². The predicted molar refractivity (Wildman–Crippen MR) is 102 cm³/mol. The minimum atomic E-state index is -0.379. The monoisotopic (exact) mass is 376 g/mol. The van der Waals surface area contributed by atoms with E-state index < -0.39 is 0 Å². The topological polar surface area (TPSA) is 87.7 Å². The minimum Gasteiger partial charge on any atom is -0.337 e. The zero-order valence-electron chi connectivity index (χ0n) is 15.3. The highest BCUT2D eigenvalue weighted by Gasteiger charge is 2.17. The van der Waals surface area contributed by atoms with Crippen LogP contribution in [0.25, 0.3) is 22.3 Å². The van der Waals surface area contributed by atoms with Crippen molar-refractivity contribution in [2.24, 2.45) is 0 Å². The van der Waals surface area contributed by atoms with Crippen molar-refractivity contribution in [1.82, 2.24) is 30.5 Å². The number of hydrogen-bond donors (Lipinski definition) is 1. The summed E-state index contributed by atoms with van der Waals surface area (Å²) in [5, 5.41) is 14.6. The third-order valence-electron chi connectivity index (χ3n) is 4.43. The highest BCUT2D eigenvalue weighted by molar-refractivity contribution is 6.06. The fourth-order valence-electron chi connectivity index (χ4n) is 3.16. The van der Waals surface area contributed by atoms with Gasteiger partial charge in [0.15, 0.2) is 0 Å². The van der Waals surface area contributed by atoms with Crippen molar-refractivity contribution in [2.75, 3.05) is 7.05 Å². The van der Waals surface area contributed by atoms with E-state index in [4.69, 9.17) is 0 Å². The molecule has 1 amide bonds. The average Bonchev–Trinajstić information content (AvgIpc) is 3.21. The molecule has 0 atom stereocenters. The molecule has 7 nitrogen and oxygen atoms in total. The first-order valence-electron chi connectivity index (χ1n) is 8.66. The molecule has 0 saturated carbocycles. The molecule has 0 unspecified atom stereocenters. The fourth-order valence-corrected chi connectivity index (χ4v) is 3.16. The second kappa shape index (κ2) is 7.15. The number of carbonyl (C=O) groups excluding carboxylic acids is 1. The van der Waals surface area contributed by atoms with E-state index in [2.05, 4.69) is 25.6 Å². The molecule has 28 heavy (non-hydrogen) atoms. The van der Waals surface area contributed by atoms with Gasteiger partial charge in [0, 0.05) is 36.3 Å². The molecule has 140 valence electrons. The van der Waals surface area contributed by atoms with Crippen LogP contribution in [0.15, 0.2) is 48.5 Å². The van der Waals surface area contributed by atoms with Crippen molar-refractivity contribution in [3.05, 3.63) is 71.2 Å². The van der Waals surface area contributed by atoms with Gasteiger partial charge in [-0.2, -0.15) is 5.21 Å². The van der Waals surface area contributed by atoms with Crippen LogP contribution in [0.1, 0.15) is 21.6 Å². The molecule has 1 N–H and O–H groups in total. The Morgan fingerprint density at radius 1 is 1.18 bits per heavy atom. The largest absolute Gasteiger partial charge is 0.337 e. The summed E-state index contributed by atoms with van der Waals surface area (Å²) in [6.07, 6.45) is 0. The number of benzene rings is 2. The molecule has 0 radical (unpaired) electrons.